The maximum absolute atomic E-state index is 14.3. The molecular weight excluding hydrogens is 1110 g/mol. The Morgan fingerprint density at radius 2 is 1.11 bits per heavy atom. The summed E-state index contributed by atoms with van der Waals surface area (Å²) in [6.45, 7) is 9.98. The van der Waals surface area contributed by atoms with Gasteiger partial charge in [-0.25, -0.2) is 4.79 Å². The molecule has 6 atom stereocenters. The van der Waals surface area contributed by atoms with E-state index in [1.54, 1.807) is 50.4 Å². The van der Waals surface area contributed by atoms with Crippen LogP contribution in [-0.2, 0) is 14.3 Å². The molecule has 17 nitrogen and oxygen atoms in total. The lowest BCUT2D eigenvalue weighted by Crippen LogP contribution is -2.53. The molecule has 17 heteroatoms. The fourth-order valence-corrected chi connectivity index (χ4v) is 12.9. The molecule has 6 aromatic rings. The van der Waals surface area contributed by atoms with E-state index in [1.165, 1.54) is 12.8 Å². The first-order valence-electron chi connectivity index (χ1n) is 30.4. The van der Waals surface area contributed by atoms with Crippen molar-refractivity contribution in [2.45, 2.75) is 58.0 Å². The number of nitrogens with zero attached hydrogens (tertiary/aromatic N) is 4. The van der Waals surface area contributed by atoms with Gasteiger partial charge in [-0.1, -0.05) is 98.8 Å². The molecule has 3 amide bonds. The van der Waals surface area contributed by atoms with Crippen LogP contribution in [0.2, 0.25) is 0 Å². The molecule has 88 heavy (non-hydrogen) atoms. The van der Waals surface area contributed by atoms with E-state index in [2.05, 4.69) is 75.3 Å². The van der Waals surface area contributed by atoms with Gasteiger partial charge < -0.3 is 49.4 Å². The molecular formula is C71H73N7O10. The second kappa shape index (κ2) is 25.5. The Morgan fingerprint density at radius 3 is 1.62 bits per heavy atom. The summed E-state index contributed by atoms with van der Waals surface area (Å²) in [5.74, 6) is -0.686. The van der Waals surface area contributed by atoms with E-state index >= 15 is 0 Å². The number of aliphatic imine (C=N–C) groups is 2. The third kappa shape index (κ3) is 12.2. The zero-order valence-electron chi connectivity index (χ0n) is 50.4. The summed E-state index contributed by atoms with van der Waals surface area (Å²) in [6.07, 6.45) is 8.94. The molecule has 6 aromatic carbocycles. The Balaban J connectivity index is 0.610. The van der Waals surface area contributed by atoms with E-state index in [0.29, 0.717) is 64.0 Å². The van der Waals surface area contributed by atoms with Gasteiger partial charge in [0.15, 0.2) is 34.6 Å². The molecule has 452 valence electrons. The Labute approximate surface area is 512 Å². The minimum atomic E-state index is -0.951. The number of likely N-dealkylation sites (N-methyl/N-ethyl adjacent to an activating group) is 1. The van der Waals surface area contributed by atoms with Gasteiger partial charge in [0, 0.05) is 109 Å². The first kappa shape index (κ1) is 59.0. The number of ketones is 2. The standard InChI is InChI=1S/C71H73N7O10/c1-41(2)66(76-71(83)88-40-59-53-14-9-7-12-51(53)52-13-8-10-15-54(52)59)70(82)74-42(3)69(81)75-49-20-16-43(17-21-49)45-30-47-38-72-60-36-64(62(84-5)34-57(60)67(79)55(47)32-45)86-28-11-29-87-65-37-61-58(35-63(65)85-6)68(80)56-33-46(31-48(56)39-73-61)44-18-22-50(23-19-44)78-26-24-77(4)25-27-78/h7-10,12-23,32-39,41-42,47-48,55-56,59,66H,11,24-31,40H2,1-6H3,(H,74,82)(H,75,81)(H,76,83)/t42-,47-,48-,55?,56?,66-/m0/s1. The molecule has 0 aromatic heterocycles. The second-order valence-corrected chi connectivity index (χ2v) is 23.9. The fourth-order valence-electron chi connectivity index (χ4n) is 12.9. The average Bonchev–Trinajstić information content (AvgIpc) is 2.39. The summed E-state index contributed by atoms with van der Waals surface area (Å²) in [5, 5.41) is 8.36. The molecule has 0 bridgehead atoms. The van der Waals surface area contributed by atoms with Crippen molar-refractivity contribution in [3.63, 3.8) is 0 Å². The van der Waals surface area contributed by atoms with Gasteiger partial charge in [-0.2, -0.15) is 0 Å². The predicted molar refractivity (Wildman–Crippen MR) is 341 cm³/mol. The van der Waals surface area contributed by atoms with Gasteiger partial charge in [-0.3, -0.25) is 29.2 Å². The summed E-state index contributed by atoms with van der Waals surface area (Å²) < 4.78 is 29.7. The minimum absolute atomic E-state index is 0.0117. The van der Waals surface area contributed by atoms with Crippen molar-refractivity contribution >= 4 is 75.8 Å². The number of allylic oxidation sites excluding steroid dienone is 4. The number of anilines is 2. The molecule has 12 rings (SSSR count). The average molecular weight is 1180 g/mol. The molecule has 0 saturated carbocycles. The summed E-state index contributed by atoms with van der Waals surface area (Å²) >= 11 is 0. The van der Waals surface area contributed by atoms with Crippen LogP contribution in [-0.4, -0.2) is 126 Å². The Hall–Kier alpha value is -9.35. The van der Waals surface area contributed by atoms with Crippen molar-refractivity contribution in [2.24, 2.45) is 39.6 Å². The number of ether oxygens (including phenoxy) is 5. The van der Waals surface area contributed by atoms with Crippen LogP contribution in [0.15, 0.2) is 143 Å². The van der Waals surface area contributed by atoms with Gasteiger partial charge >= 0.3 is 6.09 Å². The first-order valence-corrected chi connectivity index (χ1v) is 30.4. The number of amides is 3. The van der Waals surface area contributed by atoms with Gasteiger partial charge in [0.1, 0.15) is 18.7 Å². The van der Waals surface area contributed by atoms with Gasteiger partial charge in [0.25, 0.3) is 0 Å². The number of hydrogen-bond acceptors (Lipinski definition) is 14. The van der Waals surface area contributed by atoms with Gasteiger partial charge in [-0.05, 0) is 114 Å². The second-order valence-electron chi connectivity index (χ2n) is 23.9. The number of benzene rings is 6. The van der Waals surface area contributed by atoms with Gasteiger partial charge in [-0.15, -0.1) is 0 Å². The Kier molecular flexibility index (Phi) is 17.1. The lowest BCUT2D eigenvalue weighted by atomic mass is 9.89. The SMILES string of the molecule is COc1cc2c(cc1OCCCOc1cc3c(cc1OC)C(=O)C1C=C(c4ccc(N5CCN(C)CC5)cc4)C[C@H]1C=N3)N=C[C@@H]1CC(c3ccc(NC(=O)[C@H](C)NC(=O)[C@@H](NC(=O)OCC4c5ccccc5-c5ccccc54)C(C)C)cc3)=CC1C2=O. The molecule has 0 spiro atoms. The Bertz CT molecular complexity index is 3760. The summed E-state index contributed by atoms with van der Waals surface area (Å²) in [6, 6.07) is 37.3. The molecule has 3 aliphatic carbocycles. The van der Waals surface area contributed by atoms with Crippen LogP contribution in [0, 0.1) is 29.6 Å². The number of carbonyl (C=O) groups excluding carboxylic acids is 5. The van der Waals surface area contributed by atoms with E-state index in [0.717, 1.165) is 77.1 Å². The van der Waals surface area contributed by atoms with Crippen molar-refractivity contribution in [1.29, 1.82) is 0 Å². The molecule has 3 heterocycles. The molecule has 0 radical (unpaired) electrons. The number of nitrogens with one attached hydrogen (secondary N) is 3. The highest BCUT2D eigenvalue weighted by molar-refractivity contribution is 6.10. The third-order valence-electron chi connectivity index (χ3n) is 17.9. The fraction of sp³-hybridized carbons (Fsp3) is 0.338. The lowest BCUT2D eigenvalue weighted by Gasteiger charge is -2.34. The number of Topliss-reactive ketones (excluding diaryl/α,β-unsaturated/α-hetero) is 2. The maximum atomic E-state index is 14.3. The number of hydrogen-bond donors (Lipinski definition) is 3. The van der Waals surface area contributed by atoms with E-state index < -0.39 is 35.9 Å². The highest BCUT2D eigenvalue weighted by Crippen LogP contribution is 2.47. The number of methoxy groups -OCH3 is 2. The zero-order chi connectivity index (χ0) is 61.2. The minimum Gasteiger partial charge on any atom is -0.493 e. The largest absolute Gasteiger partial charge is 0.493 e. The molecule has 1 saturated heterocycles. The lowest BCUT2D eigenvalue weighted by molar-refractivity contribution is -0.128. The van der Waals surface area contributed by atoms with Gasteiger partial charge in [0.2, 0.25) is 11.8 Å². The highest BCUT2D eigenvalue weighted by Gasteiger charge is 2.39. The smallest absolute Gasteiger partial charge is 0.407 e. The van der Waals surface area contributed by atoms with E-state index in [-0.39, 0.29) is 61.0 Å². The van der Waals surface area contributed by atoms with Crippen molar-refractivity contribution in [1.82, 2.24) is 15.5 Å². The van der Waals surface area contributed by atoms with E-state index in [9.17, 15) is 24.0 Å². The number of fused-ring (bicyclic) bond motifs is 7. The van der Waals surface area contributed by atoms with Crippen LogP contribution in [0.3, 0.4) is 0 Å². The normalized spacial score (nSPS) is 19.7. The molecule has 3 aliphatic heterocycles. The summed E-state index contributed by atoms with van der Waals surface area (Å²) in [4.78, 5) is 82.9. The van der Waals surface area contributed by atoms with Crippen LogP contribution in [0.4, 0.5) is 27.5 Å². The number of rotatable bonds is 19. The predicted octanol–water partition coefficient (Wildman–Crippen LogP) is 11.5. The Morgan fingerprint density at radius 1 is 0.602 bits per heavy atom. The monoisotopic (exact) mass is 1180 g/mol. The topological polar surface area (TPSA) is 199 Å². The van der Waals surface area contributed by atoms with Crippen molar-refractivity contribution in [2.75, 3.05) is 77.5 Å². The van der Waals surface area contributed by atoms with Crippen LogP contribution in [0.5, 0.6) is 23.0 Å². The highest BCUT2D eigenvalue weighted by atomic mass is 16.5. The third-order valence-corrected chi connectivity index (χ3v) is 17.9. The van der Waals surface area contributed by atoms with Crippen LogP contribution < -0.4 is 39.8 Å². The van der Waals surface area contributed by atoms with Gasteiger partial charge in [0.05, 0.1) is 38.8 Å². The van der Waals surface area contributed by atoms with Crippen molar-refractivity contribution in [3.8, 4) is 34.1 Å². The number of piperazine rings is 1. The quantitative estimate of drug-likeness (QED) is 0.0650. The molecule has 6 aliphatic rings. The van der Waals surface area contributed by atoms with Crippen molar-refractivity contribution < 1.29 is 47.7 Å². The summed E-state index contributed by atoms with van der Waals surface area (Å²) in [5.41, 5.74) is 12.3. The molecule has 2 unspecified atom stereocenters. The van der Waals surface area contributed by atoms with Crippen LogP contribution in [0.25, 0.3) is 22.3 Å². The molecule has 3 N–H and O–H groups in total. The van der Waals surface area contributed by atoms with E-state index in [4.69, 9.17) is 33.7 Å². The van der Waals surface area contributed by atoms with Crippen molar-refractivity contribution in [3.05, 3.63) is 167 Å². The van der Waals surface area contributed by atoms with Crippen LogP contribution >= 0.6 is 0 Å². The van der Waals surface area contributed by atoms with Crippen LogP contribution in [0.1, 0.15) is 88.9 Å². The molecule has 1 fully saturated rings. The van der Waals surface area contributed by atoms with E-state index in [1.807, 2.05) is 80.9 Å². The summed E-state index contributed by atoms with van der Waals surface area (Å²) in [7, 11) is 5.25. The maximum Gasteiger partial charge on any atom is 0.407 e. The zero-order valence-corrected chi connectivity index (χ0v) is 50.4. The number of carbonyl (C=O) groups is 5. The first-order chi connectivity index (χ1) is 42.7. The number of alkyl carbamates (subject to hydrolysis) is 1.